The highest BCUT2D eigenvalue weighted by Gasteiger charge is 2.16. The third-order valence-corrected chi connectivity index (χ3v) is 2.88. The SMILES string of the molecule is CCNC(Cc1ccoc1)c1ccncc1OC. The fourth-order valence-electron chi connectivity index (χ4n) is 2.03. The summed E-state index contributed by atoms with van der Waals surface area (Å²) in [7, 11) is 1.67. The topological polar surface area (TPSA) is 47.3 Å². The summed E-state index contributed by atoms with van der Waals surface area (Å²) in [5.74, 6) is 0.812. The lowest BCUT2D eigenvalue weighted by atomic mass is 10.0. The van der Waals surface area contributed by atoms with Crippen LogP contribution in [0.25, 0.3) is 0 Å². The van der Waals surface area contributed by atoms with Gasteiger partial charge in [0.15, 0.2) is 0 Å². The quantitative estimate of drug-likeness (QED) is 0.851. The van der Waals surface area contributed by atoms with Crippen molar-refractivity contribution in [2.45, 2.75) is 19.4 Å². The van der Waals surface area contributed by atoms with E-state index in [1.54, 1.807) is 32.0 Å². The van der Waals surface area contributed by atoms with Crippen molar-refractivity contribution in [2.24, 2.45) is 0 Å². The number of rotatable bonds is 6. The lowest BCUT2D eigenvalue weighted by molar-refractivity contribution is 0.397. The summed E-state index contributed by atoms with van der Waals surface area (Å²) in [5.41, 5.74) is 2.29. The maximum atomic E-state index is 5.37. The van der Waals surface area contributed by atoms with Crippen LogP contribution in [0.3, 0.4) is 0 Å². The predicted molar refractivity (Wildman–Crippen MR) is 69.6 cm³/mol. The average Bonchev–Trinajstić information content (AvgIpc) is 2.91. The lowest BCUT2D eigenvalue weighted by Gasteiger charge is -2.19. The molecule has 2 heterocycles. The summed E-state index contributed by atoms with van der Waals surface area (Å²) in [4.78, 5) is 4.08. The third-order valence-electron chi connectivity index (χ3n) is 2.88. The number of nitrogens with zero attached hydrogens (tertiary/aromatic N) is 1. The van der Waals surface area contributed by atoms with Gasteiger partial charge in [0.1, 0.15) is 5.75 Å². The maximum absolute atomic E-state index is 5.37. The number of furan rings is 1. The van der Waals surface area contributed by atoms with Crippen molar-refractivity contribution < 1.29 is 9.15 Å². The number of ether oxygens (including phenoxy) is 1. The number of pyridine rings is 1. The van der Waals surface area contributed by atoms with Crippen LogP contribution in [0, 0.1) is 0 Å². The second-order valence-corrected chi connectivity index (χ2v) is 4.06. The van der Waals surface area contributed by atoms with E-state index < -0.39 is 0 Å². The van der Waals surface area contributed by atoms with E-state index in [9.17, 15) is 0 Å². The molecule has 18 heavy (non-hydrogen) atoms. The van der Waals surface area contributed by atoms with E-state index in [4.69, 9.17) is 9.15 Å². The third kappa shape index (κ3) is 2.90. The smallest absolute Gasteiger partial charge is 0.141 e. The monoisotopic (exact) mass is 246 g/mol. The second-order valence-electron chi connectivity index (χ2n) is 4.06. The number of likely N-dealkylation sites (N-methyl/N-ethyl adjacent to an activating group) is 1. The Balaban J connectivity index is 2.23. The van der Waals surface area contributed by atoms with Gasteiger partial charge in [0.2, 0.25) is 0 Å². The fourth-order valence-corrected chi connectivity index (χ4v) is 2.03. The van der Waals surface area contributed by atoms with Crippen LogP contribution >= 0.6 is 0 Å². The van der Waals surface area contributed by atoms with Crippen LogP contribution < -0.4 is 10.1 Å². The van der Waals surface area contributed by atoms with Crippen LogP contribution in [0.4, 0.5) is 0 Å². The zero-order chi connectivity index (χ0) is 12.8. The summed E-state index contributed by atoms with van der Waals surface area (Å²) in [6, 6.07) is 4.18. The molecule has 0 aliphatic rings. The first-order chi connectivity index (χ1) is 8.85. The first-order valence-electron chi connectivity index (χ1n) is 6.07. The predicted octanol–water partition coefficient (Wildman–Crippen LogP) is 2.58. The van der Waals surface area contributed by atoms with Gasteiger partial charge >= 0.3 is 0 Å². The van der Waals surface area contributed by atoms with E-state index in [0.29, 0.717) is 0 Å². The number of hydrogen-bond donors (Lipinski definition) is 1. The number of aromatic nitrogens is 1. The number of methoxy groups -OCH3 is 1. The highest BCUT2D eigenvalue weighted by Crippen LogP contribution is 2.26. The zero-order valence-corrected chi connectivity index (χ0v) is 10.7. The molecule has 2 aromatic heterocycles. The molecule has 0 aromatic carbocycles. The molecule has 0 saturated carbocycles. The highest BCUT2D eigenvalue weighted by atomic mass is 16.5. The molecule has 2 rings (SSSR count). The van der Waals surface area contributed by atoms with Crippen LogP contribution in [-0.4, -0.2) is 18.6 Å². The van der Waals surface area contributed by atoms with E-state index >= 15 is 0 Å². The average molecular weight is 246 g/mol. The van der Waals surface area contributed by atoms with Crippen molar-refractivity contribution in [3.63, 3.8) is 0 Å². The van der Waals surface area contributed by atoms with Gasteiger partial charge in [-0.2, -0.15) is 0 Å². The van der Waals surface area contributed by atoms with E-state index in [1.807, 2.05) is 12.1 Å². The summed E-state index contributed by atoms with van der Waals surface area (Å²) < 4.78 is 10.5. The number of hydrogen-bond acceptors (Lipinski definition) is 4. The van der Waals surface area contributed by atoms with Crippen molar-refractivity contribution in [2.75, 3.05) is 13.7 Å². The van der Waals surface area contributed by atoms with Crippen LogP contribution in [0.5, 0.6) is 5.75 Å². The minimum Gasteiger partial charge on any atom is -0.495 e. The van der Waals surface area contributed by atoms with Gasteiger partial charge in [0.25, 0.3) is 0 Å². The molecular weight excluding hydrogens is 228 g/mol. The molecule has 0 radical (unpaired) electrons. The van der Waals surface area contributed by atoms with Gasteiger partial charge in [-0.15, -0.1) is 0 Å². The first-order valence-corrected chi connectivity index (χ1v) is 6.07. The molecule has 0 aliphatic heterocycles. The van der Waals surface area contributed by atoms with Crippen molar-refractivity contribution >= 4 is 0 Å². The van der Waals surface area contributed by atoms with Crippen LogP contribution in [-0.2, 0) is 6.42 Å². The van der Waals surface area contributed by atoms with Crippen molar-refractivity contribution in [3.8, 4) is 5.75 Å². The molecule has 0 saturated heterocycles. The van der Waals surface area contributed by atoms with Gasteiger partial charge in [-0.25, -0.2) is 0 Å². The standard InChI is InChI=1S/C14H18N2O2/c1-3-16-13(8-11-5-7-18-10-11)12-4-6-15-9-14(12)17-2/h4-7,9-10,13,16H,3,8H2,1-2H3. The summed E-state index contributed by atoms with van der Waals surface area (Å²) in [6.45, 7) is 2.99. The Hall–Kier alpha value is -1.81. The molecule has 1 atom stereocenters. The molecule has 1 N–H and O–H groups in total. The molecule has 0 spiro atoms. The van der Waals surface area contributed by atoms with E-state index in [-0.39, 0.29) is 6.04 Å². The maximum Gasteiger partial charge on any atom is 0.141 e. The van der Waals surface area contributed by atoms with Gasteiger partial charge in [-0.05, 0) is 30.7 Å². The molecule has 0 aliphatic carbocycles. The largest absolute Gasteiger partial charge is 0.495 e. The highest BCUT2D eigenvalue weighted by molar-refractivity contribution is 5.34. The molecule has 0 bridgehead atoms. The van der Waals surface area contributed by atoms with Gasteiger partial charge in [-0.1, -0.05) is 6.92 Å². The summed E-state index contributed by atoms with van der Waals surface area (Å²) in [5, 5.41) is 3.46. The molecular formula is C14H18N2O2. The Labute approximate surface area is 107 Å². The molecule has 1 unspecified atom stereocenters. The Morgan fingerprint density at radius 2 is 2.33 bits per heavy atom. The van der Waals surface area contributed by atoms with Crippen molar-refractivity contribution in [3.05, 3.63) is 48.2 Å². The Morgan fingerprint density at radius 1 is 1.44 bits per heavy atom. The first kappa shape index (κ1) is 12.6. The zero-order valence-electron chi connectivity index (χ0n) is 10.7. The Bertz CT molecular complexity index is 468. The fraction of sp³-hybridized carbons (Fsp3) is 0.357. The minimum atomic E-state index is 0.200. The lowest BCUT2D eigenvalue weighted by Crippen LogP contribution is -2.23. The van der Waals surface area contributed by atoms with Crippen LogP contribution in [0.15, 0.2) is 41.5 Å². The molecule has 0 amide bonds. The molecule has 0 fully saturated rings. The normalized spacial score (nSPS) is 12.3. The summed E-state index contributed by atoms with van der Waals surface area (Å²) >= 11 is 0. The van der Waals surface area contributed by atoms with Crippen molar-refractivity contribution in [1.82, 2.24) is 10.3 Å². The van der Waals surface area contributed by atoms with Crippen LogP contribution in [0.2, 0.25) is 0 Å². The molecule has 4 nitrogen and oxygen atoms in total. The molecule has 96 valence electrons. The minimum absolute atomic E-state index is 0.200. The van der Waals surface area contributed by atoms with Crippen LogP contribution in [0.1, 0.15) is 24.1 Å². The van der Waals surface area contributed by atoms with E-state index in [2.05, 4.69) is 17.2 Å². The van der Waals surface area contributed by atoms with Gasteiger partial charge < -0.3 is 14.5 Å². The van der Waals surface area contributed by atoms with E-state index in [1.165, 1.54) is 5.56 Å². The Kier molecular flexibility index (Phi) is 4.36. The molecule has 4 heteroatoms. The second kappa shape index (κ2) is 6.21. The van der Waals surface area contributed by atoms with Gasteiger partial charge in [0.05, 0.1) is 25.8 Å². The number of nitrogens with one attached hydrogen (secondary N) is 1. The summed E-state index contributed by atoms with van der Waals surface area (Å²) in [6.07, 6.45) is 7.87. The Morgan fingerprint density at radius 3 is 3.00 bits per heavy atom. The van der Waals surface area contributed by atoms with E-state index in [0.717, 1.165) is 24.3 Å². The molecule has 2 aromatic rings. The van der Waals surface area contributed by atoms with Gasteiger partial charge in [0, 0.05) is 17.8 Å². The van der Waals surface area contributed by atoms with Crippen molar-refractivity contribution in [1.29, 1.82) is 0 Å². The van der Waals surface area contributed by atoms with Gasteiger partial charge in [-0.3, -0.25) is 4.98 Å².